The highest BCUT2D eigenvalue weighted by atomic mass is 32.2. The number of hydrazine groups is 1. The molecule has 0 spiro atoms. The number of hydrogen-bond acceptors (Lipinski definition) is 7. The molecule has 136 valence electrons. The van der Waals surface area contributed by atoms with Crippen LogP contribution in [0.1, 0.15) is 15.9 Å². The lowest BCUT2D eigenvalue weighted by Gasteiger charge is -2.15. The zero-order valence-electron chi connectivity index (χ0n) is 13.7. The van der Waals surface area contributed by atoms with Gasteiger partial charge in [0, 0.05) is 5.56 Å². The normalized spacial score (nSPS) is 16.9. The zero-order valence-corrected chi connectivity index (χ0v) is 15.3. The van der Waals surface area contributed by atoms with E-state index in [1.165, 1.54) is 24.3 Å². The second kappa shape index (κ2) is 6.93. The van der Waals surface area contributed by atoms with E-state index in [9.17, 15) is 14.7 Å². The monoisotopic (exact) mass is 400 g/mol. The van der Waals surface area contributed by atoms with Crippen LogP contribution in [0.4, 0.5) is 0 Å². The maximum atomic E-state index is 12.6. The minimum Gasteiger partial charge on any atom is -0.508 e. The van der Waals surface area contributed by atoms with Crippen molar-refractivity contribution in [3.05, 3.63) is 58.5 Å². The minimum absolute atomic E-state index is 0.0452. The van der Waals surface area contributed by atoms with Crippen LogP contribution in [0.3, 0.4) is 0 Å². The third-order valence-electron chi connectivity index (χ3n) is 3.83. The lowest BCUT2D eigenvalue weighted by atomic mass is 10.2. The number of phenols is 1. The van der Waals surface area contributed by atoms with Crippen LogP contribution >= 0.6 is 24.0 Å². The number of hydrogen-bond donors (Lipinski definition) is 2. The molecule has 0 aromatic heterocycles. The molecule has 7 nitrogen and oxygen atoms in total. The van der Waals surface area contributed by atoms with Gasteiger partial charge in [-0.2, -0.15) is 5.01 Å². The molecule has 1 fully saturated rings. The molecule has 2 aliphatic rings. The lowest BCUT2D eigenvalue weighted by Crippen LogP contribution is -2.44. The van der Waals surface area contributed by atoms with Crippen molar-refractivity contribution in [1.29, 1.82) is 0 Å². The van der Waals surface area contributed by atoms with E-state index in [0.717, 1.165) is 22.3 Å². The summed E-state index contributed by atoms with van der Waals surface area (Å²) >= 11 is 6.30. The number of rotatable bonds is 3. The third-order valence-corrected chi connectivity index (χ3v) is 5.13. The van der Waals surface area contributed by atoms with Gasteiger partial charge in [-0.15, -0.1) is 0 Å². The van der Waals surface area contributed by atoms with Crippen molar-refractivity contribution in [2.24, 2.45) is 0 Å². The van der Waals surface area contributed by atoms with Crippen LogP contribution in [0, 0.1) is 0 Å². The van der Waals surface area contributed by atoms with Crippen molar-refractivity contribution < 1.29 is 24.2 Å². The average Bonchev–Trinajstić information content (AvgIpc) is 3.22. The van der Waals surface area contributed by atoms with Crippen LogP contribution in [0.25, 0.3) is 6.08 Å². The molecule has 2 aliphatic heterocycles. The van der Waals surface area contributed by atoms with Crippen molar-refractivity contribution >= 4 is 46.2 Å². The molecule has 0 saturated carbocycles. The van der Waals surface area contributed by atoms with Crippen LogP contribution < -0.4 is 14.9 Å². The van der Waals surface area contributed by atoms with Crippen molar-refractivity contribution in [3.8, 4) is 17.2 Å². The number of benzene rings is 2. The van der Waals surface area contributed by atoms with Crippen molar-refractivity contribution in [1.82, 2.24) is 10.4 Å². The fourth-order valence-corrected chi connectivity index (χ4v) is 3.68. The number of amides is 2. The summed E-state index contributed by atoms with van der Waals surface area (Å²) in [6.45, 7) is 0.171. The molecule has 0 aliphatic carbocycles. The van der Waals surface area contributed by atoms with E-state index in [4.69, 9.17) is 21.7 Å². The van der Waals surface area contributed by atoms with Gasteiger partial charge in [0.15, 0.2) is 15.8 Å². The van der Waals surface area contributed by atoms with Gasteiger partial charge in [-0.3, -0.25) is 15.0 Å². The van der Waals surface area contributed by atoms with Gasteiger partial charge in [0.1, 0.15) is 5.75 Å². The van der Waals surface area contributed by atoms with E-state index in [1.807, 2.05) is 0 Å². The number of carbonyl (C=O) groups excluding carboxylic acids is 2. The smallest absolute Gasteiger partial charge is 0.285 e. The quantitative estimate of drug-likeness (QED) is 0.605. The van der Waals surface area contributed by atoms with Crippen LogP contribution in [-0.2, 0) is 4.79 Å². The van der Waals surface area contributed by atoms with Gasteiger partial charge in [-0.05, 0) is 60.3 Å². The maximum absolute atomic E-state index is 12.6. The summed E-state index contributed by atoms with van der Waals surface area (Å²) in [6, 6.07) is 11.0. The Morgan fingerprint density at radius 1 is 1.19 bits per heavy atom. The largest absolute Gasteiger partial charge is 0.508 e. The molecule has 2 amide bonds. The molecule has 0 radical (unpaired) electrons. The van der Waals surface area contributed by atoms with E-state index in [-0.39, 0.29) is 16.9 Å². The average molecular weight is 400 g/mol. The predicted molar refractivity (Wildman–Crippen MR) is 103 cm³/mol. The highest BCUT2D eigenvalue weighted by Crippen LogP contribution is 2.36. The Morgan fingerprint density at radius 3 is 2.70 bits per heavy atom. The van der Waals surface area contributed by atoms with Gasteiger partial charge in [0.05, 0.1) is 4.91 Å². The van der Waals surface area contributed by atoms with Crippen LogP contribution in [0.2, 0.25) is 0 Å². The summed E-state index contributed by atoms with van der Waals surface area (Å²) in [5, 5.41) is 10.3. The van der Waals surface area contributed by atoms with Gasteiger partial charge in [-0.25, -0.2) is 0 Å². The zero-order chi connectivity index (χ0) is 19.0. The Balaban J connectivity index is 1.51. The van der Waals surface area contributed by atoms with Gasteiger partial charge >= 0.3 is 0 Å². The Kier molecular flexibility index (Phi) is 4.46. The van der Waals surface area contributed by atoms with E-state index >= 15 is 0 Å². The number of fused-ring (bicyclic) bond motifs is 1. The summed E-state index contributed by atoms with van der Waals surface area (Å²) < 4.78 is 10.8. The van der Waals surface area contributed by atoms with E-state index in [0.29, 0.717) is 22.0 Å². The summed E-state index contributed by atoms with van der Waals surface area (Å²) in [5.41, 5.74) is 3.53. The van der Waals surface area contributed by atoms with Gasteiger partial charge < -0.3 is 14.6 Å². The van der Waals surface area contributed by atoms with E-state index < -0.39 is 11.8 Å². The molecule has 2 heterocycles. The fourth-order valence-electron chi connectivity index (χ4n) is 2.50. The molecule has 9 heteroatoms. The minimum atomic E-state index is -0.504. The van der Waals surface area contributed by atoms with Gasteiger partial charge in [0.2, 0.25) is 6.79 Å². The predicted octanol–water partition coefficient (Wildman–Crippen LogP) is 2.67. The SMILES string of the molecule is O=C(NN1C(=O)/C(=C/c2ccc3c(c2)OCO3)SC1=S)c1ccc(O)cc1. The van der Waals surface area contributed by atoms with Gasteiger partial charge in [-0.1, -0.05) is 17.8 Å². The highest BCUT2D eigenvalue weighted by molar-refractivity contribution is 8.26. The molecule has 0 bridgehead atoms. The third kappa shape index (κ3) is 3.46. The second-order valence-corrected chi connectivity index (χ2v) is 7.29. The first kappa shape index (κ1) is 17.4. The van der Waals surface area contributed by atoms with E-state index in [2.05, 4.69) is 5.43 Å². The first-order chi connectivity index (χ1) is 13.0. The fraction of sp³-hybridized carbons (Fsp3) is 0.0556. The molecule has 27 heavy (non-hydrogen) atoms. The number of thiocarbonyl (C=S) groups is 1. The summed E-state index contributed by atoms with van der Waals surface area (Å²) in [7, 11) is 0. The van der Waals surface area contributed by atoms with Crippen LogP contribution in [-0.4, -0.2) is 33.0 Å². The number of carbonyl (C=O) groups is 2. The number of nitrogens with one attached hydrogen (secondary N) is 1. The molecule has 1 saturated heterocycles. The van der Waals surface area contributed by atoms with Crippen molar-refractivity contribution in [2.75, 3.05) is 6.79 Å². The molecule has 4 rings (SSSR count). The number of thioether (sulfide) groups is 1. The molecular formula is C18H12N2O5S2. The topological polar surface area (TPSA) is 88.1 Å². The first-order valence-corrected chi connectivity index (χ1v) is 9.01. The molecule has 2 aromatic carbocycles. The van der Waals surface area contributed by atoms with Crippen molar-refractivity contribution in [2.45, 2.75) is 0 Å². The standard InChI is InChI=1S/C18H12N2O5S2/c21-12-4-2-11(3-5-12)16(22)19-20-17(23)15(27-18(20)26)8-10-1-6-13-14(7-10)25-9-24-13/h1-8,21H,9H2,(H,19,22)/b15-8-. The van der Waals surface area contributed by atoms with E-state index in [1.54, 1.807) is 24.3 Å². The molecular weight excluding hydrogens is 388 g/mol. The Labute approximate surface area is 163 Å². The number of phenolic OH excluding ortho intramolecular Hbond substituents is 1. The molecule has 2 aromatic rings. The Morgan fingerprint density at radius 2 is 1.93 bits per heavy atom. The Bertz CT molecular complexity index is 988. The molecule has 0 atom stereocenters. The van der Waals surface area contributed by atoms with Crippen LogP contribution in [0.5, 0.6) is 17.2 Å². The summed E-state index contributed by atoms with van der Waals surface area (Å²) in [4.78, 5) is 25.3. The molecule has 0 unspecified atom stereocenters. The summed E-state index contributed by atoms with van der Waals surface area (Å²) in [6.07, 6.45) is 1.67. The lowest BCUT2D eigenvalue weighted by molar-refractivity contribution is -0.123. The maximum Gasteiger partial charge on any atom is 0.285 e. The van der Waals surface area contributed by atoms with Crippen molar-refractivity contribution in [3.63, 3.8) is 0 Å². The molecule has 2 N–H and O–H groups in total. The number of aromatic hydroxyl groups is 1. The van der Waals surface area contributed by atoms with Gasteiger partial charge in [0.25, 0.3) is 11.8 Å². The van der Waals surface area contributed by atoms with Crippen LogP contribution in [0.15, 0.2) is 47.4 Å². The first-order valence-electron chi connectivity index (χ1n) is 7.79. The highest BCUT2D eigenvalue weighted by Gasteiger charge is 2.33. The Hall–Kier alpha value is -3.04. The number of nitrogens with zero attached hydrogens (tertiary/aromatic N) is 1. The second-order valence-electron chi connectivity index (χ2n) is 5.62. The number of ether oxygens (including phenoxy) is 2. The summed E-state index contributed by atoms with van der Waals surface area (Å²) in [5.74, 6) is 0.384.